The number of rotatable bonds is 4. The minimum Gasteiger partial charge on any atom is -0.456 e. The molecular weight excluding hydrogens is 411 g/mol. The van der Waals surface area contributed by atoms with E-state index in [4.69, 9.17) is 4.74 Å². The molecular formula is C24H21FN4O3. The molecule has 5 rings (SSSR count). The van der Waals surface area contributed by atoms with E-state index < -0.39 is 11.8 Å². The number of amides is 1. The lowest BCUT2D eigenvalue weighted by atomic mass is 10.0. The number of fused-ring (bicyclic) bond motifs is 2. The highest BCUT2D eigenvalue weighted by molar-refractivity contribution is 5.99. The second-order valence-electron chi connectivity index (χ2n) is 7.90. The molecule has 3 heterocycles. The highest BCUT2D eigenvalue weighted by atomic mass is 19.1. The molecule has 7 nitrogen and oxygen atoms in total. The highest BCUT2D eigenvalue weighted by Gasteiger charge is 2.29. The lowest BCUT2D eigenvalue weighted by Gasteiger charge is -2.26. The Hall–Kier alpha value is -3.94. The first kappa shape index (κ1) is 20.0. The van der Waals surface area contributed by atoms with E-state index in [1.165, 1.54) is 6.07 Å². The van der Waals surface area contributed by atoms with Gasteiger partial charge < -0.3 is 14.6 Å². The number of aryl methyl sites for hydroxylation is 1. The number of benzene rings is 2. The zero-order valence-corrected chi connectivity index (χ0v) is 17.4. The summed E-state index contributed by atoms with van der Waals surface area (Å²) in [6.07, 6.45) is 0.535. The number of aromatic amines is 2. The normalized spacial score (nSPS) is 13.2. The largest absolute Gasteiger partial charge is 0.456 e. The van der Waals surface area contributed by atoms with Gasteiger partial charge in [-0.1, -0.05) is 36.4 Å². The van der Waals surface area contributed by atoms with Crippen molar-refractivity contribution in [3.63, 3.8) is 0 Å². The predicted molar refractivity (Wildman–Crippen MR) is 116 cm³/mol. The minimum absolute atomic E-state index is 0.143. The number of aromatic nitrogens is 3. The molecule has 0 aliphatic carbocycles. The summed E-state index contributed by atoms with van der Waals surface area (Å²) in [4.78, 5) is 30.3. The van der Waals surface area contributed by atoms with Gasteiger partial charge in [0, 0.05) is 29.6 Å². The second kappa shape index (κ2) is 7.96. The van der Waals surface area contributed by atoms with Crippen molar-refractivity contribution in [3.05, 3.63) is 88.1 Å². The second-order valence-corrected chi connectivity index (χ2v) is 7.90. The number of H-pyrrole nitrogens is 2. The maximum absolute atomic E-state index is 14.2. The van der Waals surface area contributed by atoms with Crippen LogP contribution in [0.4, 0.5) is 4.39 Å². The van der Waals surface area contributed by atoms with Gasteiger partial charge in [0.15, 0.2) is 5.69 Å². The summed E-state index contributed by atoms with van der Waals surface area (Å²) in [6.45, 7) is 2.69. The van der Waals surface area contributed by atoms with Crippen molar-refractivity contribution in [3.8, 4) is 0 Å². The van der Waals surface area contributed by atoms with Gasteiger partial charge in [-0.2, -0.15) is 5.10 Å². The number of ether oxygens (including phenoxy) is 1. The third-order valence-electron chi connectivity index (χ3n) is 5.82. The van der Waals surface area contributed by atoms with Crippen molar-refractivity contribution in [2.75, 3.05) is 6.54 Å². The van der Waals surface area contributed by atoms with Gasteiger partial charge in [0.1, 0.15) is 18.1 Å². The number of hydrogen-bond donors (Lipinski definition) is 2. The van der Waals surface area contributed by atoms with Crippen LogP contribution in [0.2, 0.25) is 0 Å². The topological polar surface area (TPSA) is 91.1 Å². The average Bonchev–Trinajstić information content (AvgIpc) is 3.45. The average molecular weight is 432 g/mol. The smallest absolute Gasteiger partial charge is 0.359 e. The van der Waals surface area contributed by atoms with Crippen LogP contribution in [-0.2, 0) is 24.3 Å². The van der Waals surface area contributed by atoms with E-state index in [-0.39, 0.29) is 24.8 Å². The predicted octanol–water partition coefficient (Wildman–Crippen LogP) is 3.89. The molecule has 1 aliphatic heterocycles. The molecule has 1 amide bonds. The van der Waals surface area contributed by atoms with E-state index in [0.29, 0.717) is 35.1 Å². The molecule has 4 aromatic rings. The number of esters is 1. The quantitative estimate of drug-likeness (QED) is 0.479. The molecule has 0 radical (unpaired) electrons. The zero-order chi connectivity index (χ0) is 22.2. The van der Waals surface area contributed by atoms with Crippen LogP contribution in [-0.4, -0.2) is 38.5 Å². The summed E-state index contributed by atoms with van der Waals surface area (Å²) in [5, 5.41) is 7.71. The summed E-state index contributed by atoms with van der Waals surface area (Å²) in [7, 11) is 0. The summed E-state index contributed by atoms with van der Waals surface area (Å²) in [5.74, 6) is -1.19. The van der Waals surface area contributed by atoms with E-state index in [0.717, 1.165) is 16.8 Å². The number of halogens is 1. The fourth-order valence-electron chi connectivity index (χ4n) is 4.04. The SMILES string of the molecule is Cc1ccc(F)c2[nH]c(C(=O)N3CCc4[nH]nc(C(=O)OCc5ccccc5)c4C3)cc12. The van der Waals surface area contributed by atoms with E-state index >= 15 is 0 Å². The van der Waals surface area contributed by atoms with Crippen molar-refractivity contribution < 1.29 is 18.7 Å². The molecule has 8 heteroatoms. The van der Waals surface area contributed by atoms with Crippen LogP contribution < -0.4 is 0 Å². The maximum Gasteiger partial charge on any atom is 0.359 e. The molecule has 1 aliphatic rings. The van der Waals surface area contributed by atoms with Crippen molar-refractivity contribution in [1.82, 2.24) is 20.1 Å². The lowest BCUT2D eigenvalue weighted by Crippen LogP contribution is -2.36. The van der Waals surface area contributed by atoms with E-state index in [9.17, 15) is 14.0 Å². The molecule has 32 heavy (non-hydrogen) atoms. The Labute approximate surface area is 183 Å². The van der Waals surface area contributed by atoms with Crippen LogP contribution in [0.1, 0.15) is 43.4 Å². The summed E-state index contributed by atoms with van der Waals surface area (Å²) in [6, 6.07) is 14.1. The van der Waals surface area contributed by atoms with Crippen LogP contribution >= 0.6 is 0 Å². The first-order valence-electron chi connectivity index (χ1n) is 10.4. The van der Waals surface area contributed by atoms with Crippen LogP contribution in [0.5, 0.6) is 0 Å². The molecule has 0 saturated carbocycles. The zero-order valence-electron chi connectivity index (χ0n) is 17.4. The van der Waals surface area contributed by atoms with Gasteiger partial charge in [-0.15, -0.1) is 0 Å². The first-order valence-corrected chi connectivity index (χ1v) is 10.4. The molecule has 0 spiro atoms. The summed E-state index contributed by atoms with van der Waals surface area (Å²) >= 11 is 0. The number of hydrogen-bond acceptors (Lipinski definition) is 4. The van der Waals surface area contributed by atoms with Crippen molar-refractivity contribution >= 4 is 22.8 Å². The summed E-state index contributed by atoms with van der Waals surface area (Å²) < 4.78 is 19.6. The number of nitrogens with one attached hydrogen (secondary N) is 2. The van der Waals surface area contributed by atoms with Gasteiger partial charge in [0.2, 0.25) is 0 Å². The minimum atomic E-state index is -0.538. The first-order chi connectivity index (χ1) is 15.5. The van der Waals surface area contributed by atoms with Gasteiger partial charge >= 0.3 is 5.97 Å². The van der Waals surface area contributed by atoms with Gasteiger partial charge in [0.25, 0.3) is 5.91 Å². The van der Waals surface area contributed by atoms with Crippen molar-refractivity contribution in [1.29, 1.82) is 0 Å². The molecule has 2 N–H and O–H groups in total. The molecule has 0 saturated heterocycles. The van der Waals surface area contributed by atoms with Crippen molar-refractivity contribution in [2.24, 2.45) is 0 Å². The fourth-order valence-corrected chi connectivity index (χ4v) is 4.04. The van der Waals surface area contributed by atoms with Gasteiger partial charge in [0.05, 0.1) is 12.1 Å². The Morgan fingerprint density at radius 2 is 2.00 bits per heavy atom. The maximum atomic E-state index is 14.2. The molecule has 0 atom stereocenters. The Kier molecular flexibility index (Phi) is 4.97. The third-order valence-corrected chi connectivity index (χ3v) is 5.82. The molecule has 0 bridgehead atoms. The van der Waals surface area contributed by atoms with E-state index in [1.807, 2.05) is 37.3 Å². The van der Waals surface area contributed by atoms with Crippen LogP contribution in [0.25, 0.3) is 10.9 Å². The van der Waals surface area contributed by atoms with Gasteiger partial charge in [-0.25, -0.2) is 9.18 Å². The number of carbonyl (C=O) groups excluding carboxylic acids is 2. The Balaban J connectivity index is 1.35. The molecule has 162 valence electrons. The van der Waals surface area contributed by atoms with Crippen LogP contribution in [0, 0.1) is 12.7 Å². The standard InChI is InChI=1S/C24H21FN4O3/c1-14-7-8-18(25)21-16(14)11-20(26-21)23(30)29-10-9-19-17(12-29)22(28-27-19)24(31)32-13-15-5-3-2-4-6-15/h2-8,11,26H,9-10,12-13H2,1H3,(H,27,28). The van der Waals surface area contributed by atoms with Crippen molar-refractivity contribution in [2.45, 2.75) is 26.5 Å². The highest BCUT2D eigenvalue weighted by Crippen LogP contribution is 2.26. The summed E-state index contributed by atoms with van der Waals surface area (Å²) in [5.41, 5.74) is 4.06. The number of carbonyl (C=O) groups is 2. The Morgan fingerprint density at radius 3 is 2.78 bits per heavy atom. The van der Waals surface area contributed by atoms with Crippen LogP contribution in [0.3, 0.4) is 0 Å². The third kappa shape index (κ3) is 3.53. The molecule has 2 aromatic carbocycles. The fraction of sp³-hybridized carbons (Fsp3) is 0.208. The van der Waals surface area contributed by atoms with Crippen LogP contribution in [0.15, 0.2) is 48.5 Å². The van der Waals surface area contributed by atoms with Gasteiger partial charge in [-0.05, 0) is 30.2 Å². The molecule has 0 unspecified atom stereocenters. The van der Waals surface area contributed by atoms with E-state index in [1.54, 1.807) is 17.0 Å². The molecule has 2 aromatic heterocycles. The molecule has 0 fully saturated rings. The van der Waals surface area contributed by atoms with Gasteiger partial charge in [-0.3, -0.25) is 9.89 Å². The lowest BCUT2D eigenvalue weighted by molar-refractivity contribution is 0.0460. The number of nitrogens with zero attached hydrogens (tertiary/aromatic N) is 2. The Bertz CT molecular complexity index is 1290. The van der Waals surface area contributed by atoms with E-state index in [2.05, 4.69) is 15.2 Å². The monoisotopic (exact) mass is 432 g/mol. The Morgan fingerprint density at radius 1 is 1.19 bits per heavy atom.